The lowest BCUT2D eigenvalue weighted by atomic mass is 10.1. The van der Waals surface area contributed by atoms with Crippen molar-refractivity contribution in [3.05, 3.63) is 17.5 Å². The maximum atomic E-state index is 13.5. The van der Waals surface area contributed by atoms with E-state index in [4.69, 9.17) is 0 Å². The summed E-state index contributed by atoms with van der Waals surface area (Å²) in [4.78, 5) is 13.8. The fourth-order valence-corrected chi connectivity index (χ4v) is 2.74. The Morgan fingerprint density at radius 2 is 1.63 bits per heavy atom. The first-order chi connectivity index (χ1) is 12.3. The monoisotopic (exact) mass is 404 g/mol. The van der Waals surface area contributed by atoms with Gasteiger partial charge in [0.1, 0.15) is 0 Å². The van der Waals surface area contributed by atoms with Gasteiger partial charge in [-0.1, -0.05) is 0 Å². The van der Waals surface area contributed by atoms with Crippen molar-refractivity contribution in [2.45, 2.75) is 45.0 Å². The number of rotatable bonds is 5. The predicted molar refractivity (Wildman–Crippen MR) is 80.4 cm³/mol. The summed E-state index contributed by atoms with van der Waals surface area (Å²) in [7, 11) is 0. The molecule has 1 aromatic heterocycles. The Kier molecular flexibility index (Phi) is 5.79. The van der Waals surface area contributed by atoms with Crippen molar-refractivity contribution in [2.24, 2.45) is 0 Å². The molecular weight excluding hydrogens is 385 g/mol. The molecule has 1 aliphatic rings. The largest absolute Gasteiger partial charge is 0.460 e. The van der Waals surface area contributed by atoms with Crippen molar-refractivity contribution >= 4 is 5.91 Å². The van der Waals surface area contributed by atoms with Crippen LogP contribution in [-0.2, 0) is 17.9 Å². The zero-order valence-corrected chi connectivity index (χ0v) is 14.7. The van der Waals surface area contributed by atoms with Gasteiger partial charge in [-0.15, -0.1) is 0 Å². The molecule has 1 saturated heterocycles. The zero-order valence-electron chi connectivity index (χ0n) is 14.7. The van der Waals surface area contributed by atoms with Gasteiger partial charge in [0.15, 0.2) is 0 Å². The van der Waals surface area contributed by atoms with E-state index in [1.54, 1.807) is 16.5 Å². The molecule has 0 radical (unpaired) electrons. The average molecular weight is 404 g/mol. The van der Waals surface area contributed by atoms with Crippen molar-refractivity contribution in [1.82, 2.24) is 19.6 Å². The smallest absolute Gasteiger partial charge is 0.335 e. The predicted octanol–water partition coefficient (Wildman–Crippen LogP) is 2.69. The van der Waals surface area contributed by atoms with E-state index >= 15 is 0 Å². The molecule has 0 unspecified atom stereocenters. The van der Waals surface area contributed by atoms with Crippen LogP contribution in [0.5, 0.6) is 0 Å². The number of piperazine rings is 1. The molecule has 1 fully saturated rings. The standard InChI is InChI=1S/C15H19F7N4O/c1-3-26-9-11(10(2)23-26)8-24-4-6-25(7-5-24)12(27)13(16,17)14(18,19)15(20,21)22/h9H,3-8H2,1-2H3. The molecule has 0 saturated carbocycles. The zero-order chi connectivity index (χ0) is 20.6. The Morgan fingerprint density at radius 1 is 1.07 bits per heavy atom. The van der Waals surface area contributed by atoms with Crippen LogP contribution in [0.1, 0.15) is 18.2 Å². The second kappa shape index (κ2) is 7.28. The molecule has 12 heteroatoms. The Balaban J connectivity index is 2.00. The molecule has 1 aliphatic heterocycles. The maximum absolute atomic E-state index is 13.5. The van der Waals surface area contributed by atoms with Gasteiger partial charge in [-0.25, -0.2) is 0 Å². The molecule has 2 heterocycles. The van der Waals surface area contributed by atoms with Crippen LogP contribution >= 0.6 is 0 Å². The Morgan fingerprint density at radius 3 is 2.07 bits per heavy atom. The molecule has 0 aromatic carbocycles. The van der Waals surface area contributed by atoms with Crippen molar-refractivity contribution < 1.29 is 35.5 Å². The van der Waals surface area contributed by atoms with Crippen LogP contribution < -0.4 is 0 Å². The second-order valence-electron chi connectivity index (χ2n) is 6.31. The van der Waals surface area contributed by atoms with Crippen LogP contribution in [0.4, 0.5) is 30.7 Å². The van der Waals surface area contributed by atoms with Gasteiger partial charge in [-0.2, -0.15) is 35.8 Å². The minimum Gasteiger partial charge on any atom is -0.335 e. The first-order valence-corrected chi connectivity index (χ1v) is 8.18. The highest BCUT2D eigenvalue weighted by molar-refractivity contribution is 5.85. The summed E-state index contributed by atoms with van der Waals surface area (Å²) in [6.45, 7) is 4.14. The average Bonchev–Trinajstić information content (AvgIpc) is 2.93. The van der Waals surface area contributed by atoms with Gasteiger partial charge in [0.05, 0.1) is 5.69 Å². The van der Waals surface area contributed by atoms with Crippen LogP contribution in [0.15, 0.2) is 6.20 Å². The number of carbonyl (C=O) groups is 1. The highest BCUT2D eigenvalue weighted by Gasteiger charge is 2.76. The fraction of sp³-hybridized carbons (Fsp3) is 0.733. The summed E-state index contributed by atoms with van der Waals surface area (Å²) in [6.07, 6.45) is -4.71. The fourth-order valence-electron chi connectivity index (χ4n) is 2.74. The molecule has 0 aliphatic carbocycles. The summed E-state index contributed by atoms with van der Waals surface area (Å²) in [5.41, 5.74) is 1.65. The van der Waals surface area contributed by atoms with Gasteiger partial charge >= 0.3 is 18.0 Å². The number of halogens is 7. The Hall–Kier alpha value is -1.85. The second-order valence-corrected chi connectivity index (χ2v) is 6.31. The summed E-state index contributed by atoms with van der Waals surface area (Å²) in [5, 5.41) is 4.26. The normalized spacial score (nSPS) is 17.4. The van der Waals surface area contributed by atoms with E-state index in [1.165, 1.54) is 0 Å². The minimum absolute atomic E-state index is 0.0656. The number of aromatic nitrogens is 2. The van der Waals surface area contributed by atoms with E-state index in [0.29, 0.717) is 18.0 Å². The highest BCUT2D eigenvalue weighted by Crippen LogP contribution is 2.47. The quantitative estimate of drug-likeness (QED) is 0.709. The lowest BCUT2D eigenvalue weighted by Gasteiger charge is -2.37. The van der Waals surface area contributed by atoms with E-state index in [1.807, 2.05) is 13.1 Å². The third-order valence-electron chi connectivity index (χ3n) is 4.44. The van der Waals surface area contributed by atoms with Crippen LogP contribution in [-0.4, -0.2) is 69.7 Å². The SMILES string of the molecule is CCn1cc(CN2CCN(C(=O)C(F)(F)C(F)(F)C(F)(F)F)CC2)c(C)n1. The molecule has 27 heavy (non-hydrogen) atoms. The van der Waals surface area contributed by atoms with Crippen LogP contribution in [0.25, 0.3) is 0 Å². The number of nitrogens with zero attached hydrogens (tertiary/aromatic N) is 4. The minimum atomic E-state index is -6.52. The summed E-state index contributed by atoms with van der Waals surface area (Å²) >= 11 is 0. The van der Waals surface area contributed by atoms with E-state index in [0.717, 1.165) is 11.3 Å². The number of amides is 1. The first-order valence-electron chi connectivity index (χ1n) is 8.18. The lowest BCUT2D eigenvalue weighted by molar-refractivity contribution is -0.346. The lowest BCUT2D eigenvalue weighted by Crippen LogP contribution is -2.62. The molecule has 5 nitrogen and oxygen atoms in total. The van der Waals surface area contributed by atoms with E-state index in [9.17, 15) is 35.5 Å². The topological polar surface area (TPSA) is 41.4 Å². The molecule has 0 spiro atoms. The number of carbonyl (C=O) groups excluding carboxylic acids is 1. The molecule has 1 aromatic rings. The summed E-state index contributed by atoms with van der Waals surface area (Å²) in [6, 6.07) is 0. The molecule has 0 atom stereocenters. The van der Waals surface area contributed by atoms with Crippen molar-refractivity contribution in [1.29, 1.82) is 0 Å². The van der Waals surface area contributed by atoms with Gasteiger partial charge in [0.2, 0.25) is 0 Å². The molecule has 154 valence electrons. The van der Waals surface area contributed by atoms with Gasteiger partial charge in [-0.05, 0) is 13.8 Å². The third-order valence-corrected chi connectivity index (χ3v) is 4.44. The van der Waals surface area contributed by atoms with Gasteiger partial charge in [0, 0.05) is 51.0 Å². The van der Waals surface area contributed by atoms with Crippen molar-refractivity contribution in [2.75, 3.05) is 26.2 Å². The van der Waals surface area contributed by atoms with Crippen LogP contribution in [0.3, 0.4) is 0 Å². The molecular formula is C15H19F7N4O. The number of hydrogen-bond acceptors (Lipinski definition) is 3. The summed E-state index contributed by atoms with van der Waals surface area (Å²) in [5.74, 6) is -14.8. The van der Waals surface area contributed by atoms with Gasteiger partial charge in [-0.3, -0.25) is 14.4 Å². The first kappa shape index (κ1) is 21.5. The van der Waals surface area contributed by atoms with E-state index < -0.39 is 23.9 Å². The summed E-state index contributed by atoms with van der Waals surface area (Å²) < 4.78 is 91.4. The van der Waals surface area contributed by atoms with Gasteiger partial charge in [0.25, 0.3) is 5.91 Å². The number of alkyl halides is 7. The van der Waals surface area contributed by atoms with Crippen LogP contribution in [0.2, 0.25) is 0 Å². The van der Waals surface area contributed by atoms with Gasteiger partial charge < -0.3 is 4.90 Å². The number of hydrogen-bond donors (Lipinski definition) is 0. The van der Waals surface area contributed by atoms with E-state index in [-0.39, 0.29) is 26.2 Å². The van der Waals surface area contributed by atoms with Crippen molar-refractivity contribution in [3.8, 4) is 0 Å². The Labute approximate surface area is 150 Å². The molecule has 0 N–H and O–H groups in total. The van der Waals surface area contributed by atoms with Crippen molar-refractivity contribution in [3.63, 3.8) is 0 Å². The highest BCUT2D eigenvalue weighted by atomic mass is 19.4. The van der Waals surface area contributed by atoms with E-state index in [2.05, 4.69) is 5.10 Å². The Bertz CT molecular complexity index is 678. The molecule has 0 bridgehead atoms. The van der Waals surface area contributed by atoms with Crippen LogP contribution in [0, 0.1) is 6.92 Å². The third kappa shape index (κ3) is 4.04. The molecule has 2 rings (SSSR count). The maximum Gasteiger partial charge on any atom is 0.460 e. The molecule has 1 amide bonds. The number of aryl methyl sites for hydroxylation is 2.